The summed E-state index contributed by atoms with van der Waals surface area (Å²) in [5.74, 6) is 1.02. The van der Waals surface area contributed by atoms with Crippen LogP contribution in [0.2, 0.25) is 5.02 Å². The minimum absolute atomic E-state index is 0.0362. The number of nitrogens with zero attached hydrogens (tertiary/aromatic N) is 5. The fraction of sp³-hybridized carbons (Fsp3) is 0.421. The number of halogens is 1. The van der Waals surface area contributed by atoms with Crippen molar-refractivity contribution in [3.63, 3.8) is 0 Å². The summed E-state index contributed by atoms with van der Waals surface area (Å²) in [5.41, 5.74) is 3.59. The first kappa shape index (κ1) is 17.2. The largest absolute Gasteiger partial charge is 0.391 e. The van der Waals surface area contributed by atoms with E-state index in [2.05, 4.69) is 21.8 Å². The molecule has 3 aromatic rings. The van der Waals surface area contributed by atoms with Gasteiger partial charge in [0.2, 0.25) is 0 Å². The lowest BCUT2D eigenvalue weighted by Gasteiger charge is -2.32. The predicted octanol–water partition coefficient (Wildman–Crippen LogP) is 3.20. The minimum Gasteiger partial charge on any atom is -0.391 e. The highest BCUT2D eigenvalue weighted by molar-refractivity contribution is 6.30. The number of anilines is 1. The number of hydrogen-bond acceptors (Lipinski definition) is 5. The molecule has 1 fully saturated rings. The van der Waals surface area contributed by atoms with E-state index in [1.807, 2.05) is 35.7 Å². The van der Waals surface area contributed by atoms with Gasteiger partial charge in [0.05, 0.1) is 16.8 Å². The summed E-state index contributed by atoms with van der Waals surface area (Å²) in [6.07, 6.45) is 3.20. The molecule has 2 unspecified atom stereocenters. The summed E-state index contributed by atoms with van der Waals surface area (Å²) >= 11 is 5.94. The number of β-amino-alcohol motifs (C(OH)–C–C–N with tert-alkyl or cyclic N) is 1. The van der Waals surface area contributed by atoms with Gasteiger partial charge in [0.15, 0.2) is 5.65 Å². The molecule has 136 valence electrons. The first-order chi connectivity index (χ1) is 12.5. The third kappa shape index (κ3) is 3.27. The Balaban J connectivity index is 1.74. The zero-order chi connectivity index (χ0) is 18.3. The van der Waals surface area contributed by atoms with Gasteiger partial charge in [-0.25, -0.2) is 4.98 Å². The second-order valence-electron chi connectivity index (χ2n) is 6.96. The van der Waals surface area contributed by atoms with Crippen molar-refractivity contribution < 1.29 is 5.11 Å². The third-order valence-electron chi connectivity index (χ3n) is 4.91. The Bertz CT molecular complexity index is 924. The molecule has 1 N–H and O–H groups in total. The second-order valence-corrected chi connectivity index (χ2v) is 7.40. The van der Waals surface area contributed by atoms with Gasteiger partial charge in [-0.3, -0.25) is 4.98 Å². The molecular formula is C19H22ClN5O. The van der Waals surface area contributed by atoms with E-state index in [9.17, 15) is 5.11 Å². The van der Waals surface area contributed by atoms with Crippen molar-refractivity contribution in [3.8, 4) is 0 Å². The van der Waals surface area contributed by atoms with Crippen LogP contribution in [0.3, 0.4) is 0 Å². The van der Waals surface area contributed by atoms with Gasteiger partial charge in [-0.1, -0.05) is 18.5 Å². The average Bonchev–Trinajstić information content (AvgIpc) is 3.05. The maximum Gasteiger partial charge on any atom is 0.157 e. The van der Waals surface area contributed by atoms with E-state index in [0.717, 1.165) is 47.9 Å². The molecule has 0 radical (unpaired) electrons. The number of rotatable bonds is 3. The molecule has 0 amide bonds. The minimum atomic E-state index is -0.292. The van der Waals surface area contributed by atoms with Gasteiger partial charge in [0.1, 0.15) is 5.82 Å². The quantitative estimate of drug-likeness (QED) is 0.765. The van der Waals surface area contributed by atoms with Gasteiger partial charge in [-0.15, -0.1) is 0 Å². The lowest BCUT2D eigenvalue weighted by atomic mass is 10.0. The summed E-state index contributed by atoms with van der Waals surface area (Å²) < 4.78 is 1.88. The standard InChI is InChI=1S/C19H22ClN5O/c1-12-8-19(24-7-3-4-15(26)11-24)25-18(22-12)9-17(23-25)13(2)16-6-5-14(20)10-21-16/h5-6,8-10,13,15,26H,3-4,7,11H2,1-2H3. The zero-order valence-electron chi connectivity index (χ0n) is 14.9. The summed E-state index contributed by atoms with van der Waals surface area (Å²) in [6.45, 7) is 5.61. The molecule has 1 aliphatic rings. The van der Waals surface area contributed by atoms with Crippen LogP contribution in [0.15, 0.2) is 30.5 Å². The van der Waals surface area contributed by atoms with E-state index in [1.54, 1.807) is 6.20 Å². The fourth-order valence-electron chi connectivity index (χ4n) is 3.49. The highest BCUT2D eigenvalue weighted by Gasteiger charge is 2.22. The summed E-state index contributed by atoms with van der Waals surface area (Å²) in [5, 5.41) is 15.5. The maximum atomic E-state index is 10.0. The predicted molar refractivity (Wildman–Crippen MR) is 102 cm³/mol. The topological polar surface area (TPSA) is 66.5 Å². The number of aliphatic hydroxyl groups is 1. The van der Waals surface area contributed by atoms with Crippen molar-refractivity contribution in [1.82, 2.24) is 19.6 Å². The molecule has 0 bridgehead atoms. The lowest BCUT2D eigenvalue weighted by molar-refractivity contribution is 0.153. The first-order valence-electron chi connectivity index (χ1n) is 8.93. The molecule has 0 saturated carbocycles. The SMILES string of the molecule is Cc1cc(N2CCCC(O)C2)n2nc(C(C)c3ccc(Cl)cn3)cc2n1. The molecule has 2 atom stereocenters. The number of hydrogen-bond donors (Lipinski definition) is 1. The molecule has 4 heterocycles. The van der Waals surface area contributed by atoms with Crippen molar-refractivity contribution >= 4 is 23.1 Å². The average molecular weight is 372 g/mol. The van der Waals surface area contributed by atoms with Crippen LogP contribution < -0.4 is 4.90 Å². The summed E-state index contributed by atoms with van der Waals surface area (Å²) in [7, 11) is 0. The third-order valence-corrected chi connectivity index (χ3v) is 5.14. The van der Waals surface area contributed by atoms with Crippen LogP contribution in [0.1, 0.15) is 42.8 Å². The molecule has 1 aliphatic heterocycles. The summed E-state index contributed by atoms with van der Waals surface area (Å²) in [6, 6.07) is 7.82. The van der Waals surface area contributed by atoms with Crippen LogP contribution in [0.5, 0.6) is 0 Å². The van der Waals surface area contributed by atoms with Gasteiger partial charge in [0.25, 0.3) is 0 Å². The molecule has 0 aliphatic carbocycles. The van der Waals surface area contributed by atoms with E-state index >= 15 is 0 Å². The van der Waals surface area contributed by atoms with E-state index in [-0.39, 0.29) is 12.0 Å². The van der Waals surface area contributed by atoms with Crippen molar-refractivity contribution in [1.29, 1.82) is 0 Å². The number of aryl methyl sites for hydroxylation is 1. The van der Waals surface area contributed by atoms with E-state index < -0.39 is 0 Å². The first-order valence-corrected chi connectivity index (χ1v) is 9.31. The molecule has 26 heavy (non-hydrogen) atoms. The lowest BCUT2D eigenvalue weighted by Crippen LogP contribution is -2.39. The number of aromatic nitrogens is 4. The van der Waals surface area contributed by atoms with Crippen LogP contribution in [-0.2, 0) is 0 Å². The van der Waals surface area contributed by atoms with Gasteiger partial charge in [-0.2, -0.15) is 9.61 Å². The van der Waals surface area contributed by atoms with Gasteiger partial charge in [-0.05, 0) is 31.9 Å². The van der Waals surface area contributed by atoms with E-state index in [4.69, 9.17) is 16.7 Å². The van der Waals surface area contributed by atoms with Gasteiger partial charge < -0.3 is 10.0 Å². The zero-order valence-corrected chi connectivity index (χ0v) is 15.7. The number of aliphatic hydroxyl groups excluding tert-OH is 1. The van der Waals surface area contributed by atoms with E-state index in [1.165, 1.54) is 0 Å². The van der Waals surface area contributed by atoms with E-state index in [0.29, 0.717) is 11.6 Å². The molecule has 0 aromatic carbocycles. The number of fused-ring (bicyclic) bond motifs is 1. The smallest absolute Gasteiger partial charge is 0.157 e. The second kappa shape index (κ2) is 6.85. The fourth-order valence-corrected chi connectivity index (χ4v) is 3.60. The Hall–Kier alpha value is -2.18. The Labute approximate surface area is 157 Å². The molecule has 6 nitrogen and oxygen atoms in total. The Kier molecular flexibility index (Phi) is 4.54. The molecule has 4 rings (SSSR count). The van der Waals surface area contributed by atoms with Crippen LogP contribution in [0, 0.1) is 6.92 Å². The van der Waals surface area contributed by atoms with Crippen molar-refractivity contribution in [2.45, 2.75) is 38.7 Å². The maximum absolute atomic E-state index is 10.0. The molecule has 1 saturated heterocycles. The number of pyridine rings is 1. The van der Waals surface area contributed by atoms with Crippen LogP contribution in [0.25, 0.3) is 5.65 Å². The van der Waals surface area contributed by atoms with Crippen LogP contribution in [-0.4, -0.2) is 43.9 Å². The monoisotopic (exact) mass is 371 g/mol. The van der Waals surface area contributed by atoms with Crippen LogP contribution in [0.4, 0.5) is 5.82 Å². The Morgan fingerprint density at radius 1 is 1.27 bits per heavy atom. The van der Waals surface area contributed by atoms with Crippen LogP contribution >= 0.6 is 11.6 Å². The normalized spacial score (nSPS) is 19.1. The Morgan fingerprint density at radius 3 is 2.85 bits per heavy atom. The molecule has 7 heteroatoms. The van der Waals surface area contributed by atoms with Crippen molar-refractivity contribution in [3.05, 3.63) is 52.6 Å². The van der Waals surface area contributed by atoms with Crippen molar-refractivity contribution in [2.75, 3.05) is 18.0 Å². The Morgan fingerprint density at radius 2 is 2.12 bits per heavy atom. The molecule has 0 spiro atoms. The molecule has 3 aromatic heterocycles. The van der Waals surface area contributed by atoms with Crippen molar-refractivity contribution in [2.24, 2.45) is 0 Å². The highest BCUT2D eigenvalue weighted by atomic mass is 35.5. The molecular weight excluding hydrogens is 350 g/mol. The highest BCUT2D eigenvalue weighted by Crippen LogP contribution is 2.27. The van der Waals surface area contributed by atoms with Gasteiger partial charge >= 0.3 is 0 Å². The van der Waals surface area contributed by atoms with Gasteiger partial charge in [0, 0.05) is 48.7 Å². The number of piperidine rings is 1. The summed E-state index contributed by atoms with van der Waals surface area (Å²) in [4.78, 5) is 11.2.